The average molecular weight is 577 g/mol. The molecule has 0 aliphatic carbocycles. The molecule has 0 radical (unpaired) electrons. The van der Waals surface area contributed by atoms with Crippen molar-refractivity contribution in [2.45, 2.75) is 38.9 Å². The van der Waals surface area contributed by atoms with Crippen LogP contribution < -0.4 is 10.6 Å². The first-order chi connectivity index (χ1) is 15.7. The van der Waals surface area contributed by atoms with Gasteiger partial charge in [-0.05, 0) is 78.3 Å². The number of thioether (sulfide) groups is 1. The molecule has 7 nitrogen and oxygen atoms in total. The van der Waals surface area contributed by atoms with Gasteiger partial charge in [-0.15, -0.1) is 10.2 Å². The molecule has 3 rings (SSSR count). The molecule has 0 aliphatic heterocycles. The molecular weight excluding hydrogens is 549 g/mol. The van der Waals surface area contributed by atoms with Crippen molar-refractivity contribution < 1.29 is 9.59 Å². The van der Waals surface area contributed by atoms with E-state index in [1.807, 2.05) is 75.7 Å². The van der Waals surface area contributed by atoms with Crippen LogP contribution >= 0.6 is 34.4 Å². The normalized spacial score (nSPS) is 12.0. The molecule has 1 aromatic heterocycles. The number of anilines is 1. The van der Waals surface area contributed by atoms with E-state index in [1.165, 1.54) is 11.8 Å². The Morgan fingerprint density at radius 2 is 1.88 bits per heavy atom. The largest absolute Gasteiger partial charge is 0.342 e. The molecule has 0 bridgehead atoms. The van der Waals surface area contributed by atoms with Crippen LogP contribution in [0, 0.1) is 23.3 Å². The van der Waals surface area contributed by atoms with Gasteiger partial charge < -0.3 is 15.2 Å². The zero-order chi connectivity index (χ0) is 24.1. The first-order valence-electron chi connectivity index (χ1n) is 10.6. The quantitative estimate of drug-likeness (QED) is 0.294. The van der Waals surface area contributed by atoms with E-state index in [9.17, 15) is 9.59 Å². The highest BCUT2D eigenvalue weighted by Crippen LogP contribution is 2.25. The number of amides is 2. The van der Waals surface area contributed by atoms with Crippen molar-refractivity contribution in [2.75, 3.05) is 11.1 Å². The Bertz CT molecular complexity index is 1160. The number of nitrogens with zero attached hydrogens (tertiary/aromatic N) is 3. The third-order valence-corrected chi connectivity index (χ3v) is 6.87. The third kappa shape index (κ3) is 6.57. The molecular formula is C24H28IN5O2S. The van der Waals surface area contributed by atoms with Gasteiger partial charge in [0.2, 0.25) is 5.91 Å². The Morgan fingerprint density at radius 1 is 1.12 bits per heavy atom. The van der Waals surface area contributed by atoms with Crippen molar-refractivity contribution >= 4 is 51.9 Å². The van der Waals surface area contributed by atoms with Gasteiger partial charge >= 0.3 is 0 Å². The SMILES string of the molecule is Cc1cccc(C(=O)N[C@@H](c2nnc(SCC(=O)Nc3ccc(I)cc3C)n2C)C(C)C)c1. The van der Waals surface area contributed by atoms with Crippen LogP contribution in [0.15, 0.2) is 47.6 Å². The molecule has 1 atom stereocenters. The number of hydrogen-bond donors (Lipinski definition) is 2. The Labute approximate surface area is 212 Å². The van der Waals surface area contributed by atoms with Crippen molar-refractivity contribution in [2.24, 2.45) is 13.0 Å². The van der Waals surface area contributed by atoms with Crippen molar-refractivity contribution in [3.8, 4) is 0 Å². The zero-order valence-electron chi connectivity index (χ0n) is 19.3. The van der Waals surface area contributed by atoms with Gasteiger partial charge in [0.15, 0.2) is 11.0 Å². The number of halogens is 1. The lowest BCUT2D eigenvalue weighted by Crippen LogP contribution is -2.33. The molecule has 0 aliphatic rings. The first kappa shape index (κ1) is 25.2. The van der Waals surface area contributed by atoms with Crippen LogP contribution in [0.2, 0.25) is 0 Å². The molecule has 0 saturated heterocycles. The predicted octanol–water partition coefficient (Wildman–Crippen LogP) is 4.89. The van der Waals surface area contributed by atoms with Crippen molar-refractivity contribution in [1.82, 2.24) is 20.1 Å². The van der Waals surface area contributed by atoms with E-state index in [0.717, 1.165) is 20.4 Å². The number of aryl methyl sites for hydroxylation is 2. The second kappa shape index (κ2) is 11.1. The highest BCUT2D eigenvalue weighted by Gasteiger charge is 2.25. The minimum Gasteiger partial charge on any atom is -0.342 e. The Balaban J connectivity index is 1.67. The fourth-order valence-electron chi connectivity index (χ4n) is 3.35. The average Bonchev–Trinajstić information content (AvgIpc) is 3.12. The molecule has 9 heteroatoms. The van der Waals surface area contributed by atoms with E-state index in [1.54, 1.807) is 6.07 Å². The zero-order valence-corrected chi connectivity index (χ0v) is 22.3. The second-order valence-electron chi connectivity index (χ2n) is 8.26. The van der Waals surface area contributed by atoms with Gasteiger partial charge in [0.1, 0.15) is 0 Å². The molecule has 0 saturated carbocycles. The lowest BCUT2D eigenvalue weighted by atomic mass is 10.0. The summed E-state index contributed by atoms with van der Waals surface area (Å²) in [6, 6.07) is 13.1. The smallest absolute Gasteiger partial charge is 0.251 e. The van der Waals surface area contributed by atoms with Crippen LogP contribution in [0.1, 0.15) is 47.2 Å². The molecule has 0 fully saturated rings. The maximum absolute atomic E-state index is 12.8. The predicted molar refractivity (Wildman–Crippen MR) is 140 cm³/mol. The number of hydrogen-bond acceptors (Lipinski definition) is 5. The molecule has 1 heterocycles. The van der Waals surface area contributed by atoms with Gasteiger partial charge in [-0.2, -0.15) is 0 Å². The third-order valence-electron chi connectivity index (χ3n) is 5.18. The maximum atomic E-state index is 12.8. The molecule has 174 valence electrons. The highest BCUT2D eigenvalue weighted by molar-refractivity contribution is 14.1. The number of rotatable bonds is 8. The van der Waals surface area contributed by atoms with Crippen LogP contribution in [0.5, 0.6) is 0 Å². The van der Waals surface area contributed by atoms with Crippen molar-refractivity contribution in [3.63, 3.8) is 0 Å². The number of aromatic nitrogens is 3. The van der Waals surface area contributed by atoms with Crippen molar-refractivity contribution in [1.29, 1.82) is 0 Å². The molecule has 2 aromatic carbocycles. The van der Waals surface area contributed by atoms with Crippen LogP contribution in [0.3, 0.4) is 0 Å². The summed E-state index contributed by atoms with van der Waals surface area (Å²) in [7, 11) is 1.85. The summed E-state index contributed by atoms with van der Waals surface area (Å²) in [5.74, 6) is 0.706. The van der Waals surface area contributed by atoms with Crippen LogP contribution in [0.25, 0.3) is 0 Å². The first-order valence-corrected chi connectivity index (χ1v) is 12.7. The van der Waals surface area contributed by atoms with Gasteiger partial charge in [0, 0.05) is 21.9 Å². The van der Waals surface area contributed by atoms with E-state index < -0.39 is 0 Å². The van der Waals surface area contributed by atoms with Crippen LogP contribution in [-0.4, -0.2) is 32.3 Å². The summed E-state index contributed by atoms with van der Waals surface area (Å²) in [5, 5.41) is 15.3. The minimum absolute atomic E-state index is 0.103. The standard InChI is InChI=1S/C24H28IN5O2S/c1-14(2)21(27-23(32)17-8-6-7-15(3)11-17)22-28-29-24(30(22)5)33-13-20(31)26-19-10-9-18(25)12-16(19)4/h6-12,14,21H,13H2,1-5H3,(H,26,31)(H,27,32)/t21-/m1/s1. The fraction of sp³-hybridized carbons (Fsp3) is 0.333. The van der Waals surface area contributed by atoms with E-state index in [0.29, 0.717) is 16.5 Å². The maximum Gasteiger partial charge on any atom is 0.251 e. The lowest BCUT2D eigenvalue weighted by Gasteiger charge is -2.21. The van der Waals surface area contributed by atoms with Gasteiger partial charge in [-0.25, -0.2) is 0 Å². The van der Waals surface area contributed by atoms with Gasteiger partial charge in [-0.3, -0.25) is 9.59 Å². The molecule has 2 N–H and O–H groups in total. The fourth-order valence-corrected chi connectivity index (χ4v) is 4.71. The summed E-state index contributed by atoms with van der Waals surface area (Å²) in [5.41, 5.74) is 3.46. The minimum atomic E-state index is -0.312. The summed E-state index contributed by atoms with van der Waals surface area (Å²) >= 11 is 3.56. The van der Waals surface area contributed by atoms with E-state index >= 15 is 0 Å². The van der Waals surface area contributed by atoms with Crippen molar-refractivity contribution in [3.05, 3.63) is 68.5 Å². The summed E-state index contributed by atoms with van der Waals surface area (Å²) in [6.07, 6.45) is 0. The van der Waals surface area contributed by atoms with Gasteiger partial charge in [0.05, 0.1) is 11.8 Å². The molecule has 2 amide bonds. The number of carbonyl (C=O) groups is 2. The molecule has 33 heavy (non-hydrogen) atoms. The van der Waals surface area contributed by atoms with Crippen LogP contribution in [0.4, 0.5) is 5.69 Å². The highest BCUT2D eigenvalue weighted by atomic mass is 127. The van der Waals surface area contributed by atoms with Gasteiger partial charge in [-0.1, -0.05) is 43.3 Å². The number of nitrogens with one attached hydrogen (secondary N) is 2. The summed E-state index contributed by atoms with van der Waals surface area (Å²) < 4.78 is 2.97. The van der Waals surface area contributed by atoms with E-state index in [4.69, 9.17) is 0 Å². The Kier molecular flexibility index (Phi) is 8.52. The van der Waals surface area contributed by atoms with Gasteiger partial charge in [0.25, 0.3) is 5.91 Å². The monoisotopic (exact) mass is 577 g/mol. The lowest BCUT2D eigenvalue weighted by molar-refractivity contribution is -0.113. The van der Waals surface area contributed by atoms with Crippen LogP contribution in [-0.2, 0) is 11.8 Å². The molecule has 3 aromatic rings. The molecule has 0 unspecified atom stereocenters. The number of benzene rings is 2. The van der Waals surface area contributed by atoms with E-state index in [-0.39, 0.29) is 29.5 Å². The summed E-state index contributed by atoms with van der Waals surface area (Å²) in [6.45, 7) is 7.98. The molecule has 0 spiro atoms. The summed E-state index contributed by atoms with van der Waals surface area (Å²) in [4.78, 5) is 25.3. The topological polar surface area (TPSA) is 88.9 Å². The Hall–Kier alpha value is -2.40. The van der Waals surface area contributed by atoms with E-state index in [2.05, 4.69) is 43.4 Å². The second-order valence-corrected chi connectivity index (χ2v) is 10.4. The number of carbonyl (C=O) groups excluding carboxylic acids is 2. The Morgan fingerprint density at radius 3 is 2.55 bits per heavy atom.